The highest BCUT2D eigenvalue weighted by molar-refractivity contribution is 5.77. The van der Waals surface area contributed by atoms with Crippen molar-refractivity contribution in [2.45, 2.75) is 52.6 Å². The van der Waals surface area contributed by atoms with Crippen LogP contribution in [0.15, 0.2) is 0 Å². The van der Waals surface area contributed by atoms with E-state index in [2.05, 4.69) is 13.8 Å². The number of rotatable bonds is 7. The zero-order chi connectivity index (χ0) is 14.6. The Bertz CT molecular complexity index is 297. The van der Waals surface area contributed by atoms with Gasteiger partial charge in [0.2, 0.25) is 5.91 Å². The molecule has 1 heterocycles. The maximum atomic E-state index is 12.1. The lowest BCUT2D eigenvalue weighted by Gasteiger charge is -2.49. The van der Waals surface area contributed by atoms with Crippen molar-refractivity contribution < 1.29 is 9.90 Å². The molecule has 1 fully saturated rings. The van der Waals surface area contributed by atoms with Crippen molar-refractivity contribution in [2.75, 3.05) is 19.6 Å². The number of likely N-dealkylation sites (tertiary alicyclic amines) is 1. The lowest BCUT2D eigenvalue weighted by molar-refractivity contribution is -0.164. The minimum Gasteiger partial charge on any atom is -0.386 e. The molecule has 1 rings (SSSR count). The first-order valence-electron chi connectivity index (χ1n) is 7.50. The van der Waals surface area contributed by atoms with Gasteiger partial charge < -0.3 is 15.7 Å². The second-order valence-electron chi connectivity index (χ2n) is 6.63. The fraction of sp³-hybridized carbons (Fsp3) is 0.933. The van der Waals surface area contributed by atoms with Gasteiger partial charge in [-0.2, -0.15) is 0 Å². The van der Waals surface area contributed by atoms with Crippen molar-refractivity contribution in [3.8, 4) is 0 Å². The summed E-state index contributed by atoms with van der Waals surface area (Å²) in [6, 6.07) is 0. The number of amides is 1. The van der Waals surface area contributed by atoms with E-state index in [9.17, 15) is 9.90 Å². The van der Waals surface area contributed by atoms with Gasteiger partial charge in [0.05, 0.1) is 13.1 Å². The molecule has 1 saturated heterocycles. The Balaban J connectivity index is 2.33. The molecule has 0 aromatic rings. The quantitative estimate of drug-likeness (QED) is 0.738. The van der Waals surface area contributed by atoms with E-state index < -0.39 is 5.60 Å². The van der Waals surface area contributed by atoms with E-state index in [0.717, 1.165) is 12.8 Å². The van der Waals surface area contributed by atoms with Gasteiger partial charge in [0.1, 0.15) is 5.60 Å². The molecule has 1 aliphatic rings. The van der Waals surface area contributed by atoms with Gasteiger partial charge in [0.15, 0.2) is 0 Å². The molecule has 1 amide bonds. The van der Waals surface area contributed by atoms with Crippen molar-refractivity contribution in [2.24, 2.45) is 23.5 Å². The van der Waals surface area contributed by atoms with Gasteiger partial charge in [0, 0.05) is 6.42 Å². The van der Waals surface area contributed by atoms with Crippen molar-refractivity contribution in [3.63, 3.8) is 0 Å². The average Bonchev–Trinajstić information content (AvgIpc) is 2.29. The smallest absolute Gasteiger partial charge is 0.222 e. The molecule has 4 nitrogen and oxygen atoms in total. The van der Waals surface area contributed by atoms with Gasteiger partial charge in [-0.05, 0) is 37.1 Å². The molecule has 0 bridgehead atoms. The molecular weight excluding hydrogens is 240 g/mol. The third-order valence-corrected chi connectivity index (χ3v) is 4.57. The van der Waals surface area contributed by atoms with E-state index in [1.807, 2.05) is 13.8 Å². The van der Waals surface area contributed by atoms with Gasteiger partial charge in [-0.15, -0.1) is 0 Å². The third kappa shape index (κ3) is 4.18. The largest absolute Gasteiger partial charge is 0.386 e. The number of carbonyl (C=O) groups excluding carboxylic acids is 1. The molecule has 19 heavy (non-hydrogen) atoms. The van der Waals surface area contributed by atoms with Crippen LogP contribution in [0.2, 0.25) is 0 Å². The number of β-amino-alcohol motifs (C(OH)–C–C–N with tert-alkyl or cyclic N) is 1. The van der Waals surface area contributed by atoms with Gasteiger partial charge in [0.25, 0.3) is 0 Å². The molecule has 3 N–H and O–H groups in total. The average molecular weight is 270 g/mol. The highest BCUT2D eigenvalue weighted by atomic mass is 16.3. The maximum Gasteiger partial charge on any atom is 0.222 e. The van der Waals surface area contributed by atoms with Crippen molar-refractivity contribution >= 4 is 5.91 Å². The monoisotopic (exact) mass is 270 g/mol. The van der Waals surface area contributed by atoms with Crippen LogP contribution in [0.5, 0.6) is 0 Å². The Morgan fingerprint density at radius 3 is 2.26 bits per heavy atom. The van der Waals surface area contributed by atoms with Gasteiger partial charge >= 0.3 is 0 Å². The summed E-state index contributed by atoms with van der Waals surface area (Å²) in [6.07, 6.45) is 2.47. The van der Waals surface area contributed by atoms with Crippen LogP contribution in [0.4, 0.5) is 0 Å². The Morgan fingerprint density at radius 1 is 1.26 bits per heavy atom. The predicted molar refractivity (Wildman–Crippen MR) is 77.6 cm³/mol. The van der Waals surface area contributed by atoms with E-state index in [-0.39, 0.29) is 11.8 Å². The highest BCUT2D eigenvalue weighted by Gasteiger charge is 2.45. The summed E-state index contributed by atoms with van der Waals surface area (Å²) in [6.45, 7) is 10.0. The van der Waals surface area contributed by atoms with Crippen molar-refractivity contribution in [1.29, 1.82) is 0 Å². The Hall–Kier alpha value is -0.610. The molecule has 0 saturated carbocycles. The van der Waals surface area contributed by atoms with Gasteiger partial charge in [-0.3, -0.25) is 4.79 Å². The minimum atomic E-state index is -0.662. The fourth-order valence-corrected chi connectivity index (χ4v) is 2.65. The molecule has 0 spiro atoms. The topological polar surface area (TPSA) is 66.6 Å². The van der Waals surface area contributed by atoms with Crippen LogP contribution in [-0.4, -0.2) is 41.1 Å². The van der Waals surface area contributed by atoms with Crippen LogP contribution in [0.3, 0.4) is 0 Å². The number of nitrogens with zero attached hydrogens (tertiary/aromatic N) is 1. The second-order valence-corrected chi connectivity index (χ2v) is 6.63. The number of aliphatic hydroxyl groups is 1. The third-order valence-electron chi connectivity index (χ3n) is 4.57. The van der Waals surface area contributed by atoms with E-state index in [1.165, 1.54) is 0 Å². The molecule has 0 radical (unpaired) electrons. The van der Waals surface area contributed by atoms with Crippen LogP contribution in [-0.2, 0) is 4.79 Å². The summed E-state index contributed by atoms with van der Waals surface area (Å²) in [5, 5.41) is 10.1. The maximum absolute atomic E-state index is 12.1. The first-order chi connectivity index (χ1) is 8.80. The molecule has 1 aliphatic heterocycles. The highest BCUT2D eigenvalue weighted by Crippen LogP contribution is 2.30. The van der Waals surface area contributed by atoms with Crippen LogP contribution in [0.1, 0.15) is 47.0 Å². The fourth-order valence-electron chi connectivity index (χ4n) is 2.65. The first-order valence-corrected chi connectivity index (χ1v) is 7.50. The van der Waals surface area contributed by atoms with Gasteiger partial charge in [-0.25, -0.2) is 0 Å². The zero-order valence-corrected chi connectivity index (χ0v) is 12.9. The van der Waals surface area contributed by atoms with E-state index in [0.29, 0.717) is 37.9 Å². The molecular formula is C15H30N2O2. The predicted octanol–water partition coefficient (Wildman–Crippen LogP) is 1.62. The Morgan fingerprint density at radius 2 is 1.84 bits per heavy atom. The SMILES string of the molecule is CC(C)C(CCN)CCC(=O)N1CC(O)(C(C)C)C1. The second kappa shape index (κ2) is 6.71. The number of hydrogen-bond donors (Lipinski definition) is 2. The summed E-state index contributed by atoms with van der Waals surface area (Å²) in [5.74, 6) is 1.48. The number of nitrogens with two attached hydrogens (primary N) is 1. The van der Waals surface area contributed by atoms with Gasteiger partial charge in [-0.1, -0.05) is 27.7 Å². The normalized spacial score (nSPS) is 19.7. The molecule has 1 unspecified atom stereocenters. The summed E-state index contributed by atoms with van der Waals surface area (Å²) in [7, 11) is 0. The van der Waals surface area contributed by atoms with Crippen molar-refractivity contribution in [3.05, 3.63) is 0 Å². The van der Waals surface area contributed by atoms with Crippen LogP contribution < -0.4 is 5.73 Å². The van der Waals surface area contributed by atoms with E-state index in [4.69, 9.17) is 5.73 Å². The minimum absolute atomic E-state index is 0.174. The zero-order valence-electron chi connectivity index (χ0n) is 12.9. The van der Waals surface area contributed by atoms with Crippen LogP contribution in [0, 0.1) is 17.8 Å². The first kappa shape index (κ1) is 16.4. The number of carbonyl (C=O) groups is 1. The van der Waals surface area contributed by atoms with Crippen LogP contribution >= 0.6 is 0 Å². The Kier molecular flexibility index (Phi) is 5.81. The lowest BCUT2D eigenvalue weighted by Crippen LogP contribution is -2.65. The van der Waals surface area contributed by atoms with E-state index >= 15 is 0 Å². The molecule has 4 heteroatoms. The lowest BCUT2D eigenvalue weighted by atomic mass is 9.82. The van der Waals surface area contributed by atoms with E-state index in [1.54, 1.807) is 4.90 Å². The number of hydrogen-bond acceptors (Lipinski definition) is 3. The summed E-state index contributed by atoms with van der Waals surface area (Å²) >= 11 is 0. The molecule has 112 valence electrons. The standard InChI is InChI=1S/C15H30N2O2/c1-11(2)13(7-8-16)5-6-14(18)17-9-15(19,10-17)12(3)4/h11-13,19H,5-10,16H2,1-4H3. The Labute approximate surface area is 117 Å². The molecule has 0 aromatic heterocycles. The summed E-state index contributed by atoms with van der Waals surface area (Å²) in [5.41, 5.74) is 4.95. The summed E-state index contributed by atoms with van der Waals surface area (Å²) < 4.78 is 0. The molecule has 1 atom stereocenters. The summed E-state index contributed by atoms with van der Waals surface area (Å²) in [4.78, 5) is 13.8. The van der Waals surface area contributed by atoms with Crippen molar-refractivity contribution in [1.82, 2.24) is 4.90 Å². The molecule has 0 aromatic carbocycles. The van der Waals surface area contributed by atoms with Crippen LogP contribution in [0.25, 0.3) is 0 Å². The molecule has 0 aliphatic carbocycles.